The summed E-state index contributed by atoms with van der Waals surface area (Å²) in [4.78, 5) is 17.0. The smallest absolute Gasteiger partial charge is 0.137 e. The van der Waals surface area contributed by atoms with Gasteiger partial charge in [-0.1, -0.05) is 6.07 Å². The van der Waals surface area contributed by atoms with Gasteiger partial charge < -0.3 is 15.0 Å². The molecule has 0 amide bonds. The van der Waals surface area contributed by atoms with Gasteiger partial charge in [-0.15, -0.1) is 0 Å². The molecule has 0 aliphatic heterocycles. The highest BCUT2D eigenvalue weighted by Crippen LogP contribution is 2.39. The molecule has 1 fully saturated rings. The number of imidazole rings is 1. The maximum absolute atomic E-state index is 5.29. The number of fused-ring (bicyclic) bond motifs is 2. The lowest BCUT2D eigenvalue weighted by atomic mass is 10.1. The molecular formula is C21H21N5O. The molecule has 2 aromatic carbocycles. The van der Waals surface area contributed by atoms with Gasteiger partial charge in [0, 0.05) is 17.4 Å². The van der Waals surface area contributed by atoms with Gasteiger partial charge in [-0.3, -0.25) is 0 Å². The van der Waals surface area contributed by atoms with Crippen LogP contribution in [0.2, 0.25) is 0 Å². The summed E-state index contributed by atoms with van der Waals surface area (Å²) in [7, 11) is 1.66. The Balaban J connectivity index is 1.45. The van der Waals surface area contributed by atoms with Crippen LogP contribution in [0.4, 0.5) is 5.82 Å². The van der Waals surface area contributed by atoms with E-state index in [2.05, 4.69) is 45.4 Å². The molecule has 136 valence electrons. The maximum atomic E-state index is 5.29. The van der Waals surface area contributed by atoms with Crippen LogP contribution >= 0.6 is 0 Å². The van der Waals surface area contributed by atoms with Gasteiger partial charge in [-0.25, -0.2) is 15.0 Å². The highest BCUT2D eigenvalue weighted by molar-refractivity contribution is 5.90. The summed E-state index contributed by atoms with van der Waals surface area (Å²) in [5.41, 5.74) is 4.18. The van der Waals surface area contributed by atoms with Crippen LogP contribution in [0.25, 0.3) is 21.9 Å². The summed E-state index contributed by atoms with van der Waals surface area (Å²) in [5, 5.41) is 4.49. The predicted octanol–water partition coefficient (Wildman–Crippen LogP) is 4.57. The first-order chi connectivity index (χ1) is 13.2. The van der Waals surface area contributed by atoms with Crippen LogP contribution < -0.4 is 10.1 Å². The molecule has 6 nitrogen and oxygen atoms in total. The van der Waals surface area contributed by atoms with E-state index in [1.165, 1.54) is 18.4 Å². The minimum absolute atomic E-state index is 0.0993. The van der Waals surface area contributed by atoms with E-state index in [4.69, 9.17) is 9.72 Å². The Hall–Kier alpha value is -3.15. The summed E-state index contributed by atoms with van der Waals surface area (Å²) in [6.07, 6.45) is 4.07. The highest BCUT2D eigenvalue weighted by atomic mass is 16.5. The van der Waals surface area contributed by atoms with Crippen LogP contribution in [0.3, 0.4) is 0 Å². The van der Waals surface area contributed by atoms with Crippen LogP contribution in [0.5, 0.6) is 5.75 Å². The van der Waals surface area contributed by atoms with Crippen LogP contribution in [-0.4, -0.2) is 27.0 Å². The quantitative estimate of drug-likeness (QED) is 0.546. The molecule has 27 heavy (non-hydrogen) atoms. The van der Waals surface area contributed by atoms with Crippen molar-refractivity contribution in [2.75, 3.05) is 12.4 Å². The van der Waals surface area contributed by atoms with E-state index in [9.17, 15) is 0 Å². The van der Waals surface area contributed by atoms with Crippen molar-refractivity contribution in [3.63, 3.8) is 0 Å². The zero-order chi connectivity index (χ0) is 18.4. The molecule has 1 unspecified atom stereocenters. The Morgan fingerprint density at radius 2 is 2.00 bits per heavy atom. The van der Waals surface area contributed by atoms with E-state index in [0.29, 0.717) is 5.92 Å². The van der Waals surface area contributed by atoms with Crippen LogP contribution in [-0.2, 0) is 0 Å². The number of aromatic amines is 1. The van der Waals surface area contributed by atoms with Crippen molar-refractivity contribution >= 4 is 27.8 Å². The molecule has 1 saturated carbocycles. The minimum Gasteiger partial charge on any atom is -0.497 e. The number of hydrogen-bond donors (Lipinski definition) is 2. The first kappa shape index (κ1) is 16.1. The molecule has 6 heteroatoms. The summed E-state index contributed by atoms with van der Waals surface area (Å²) in [6, 6.07) is 12.3. The largest absolute Gasteiger partial charge is 0.497 e. The number of benzene rings is 2. The van der Waals surface area contributed by atoms with E-state index in [0.717, 1.165) is 39.3 Å². The lowest BCUT2D eigenvalue weighted by molar-refractivity contribution is 0.415. The lowest BCUT2D eigenvalue weighted by Gasteiger charge is -2.16. The Kier molecular flexibility index (Phi) is 3.70. The molecule has 2 aromatic heterocycles. The molecule has 5 rings (SSSR count). The molecule has 1 aliphatic rings. The number of anilines is 1. The second kappa shape index (κ2) is 6.23. The Morgan fingerprint density at radius 1 is 1.11 bits per heavy atom. The summed E-state index contributed by atoms with van der Waals surface area (Å²) >= 11 is 0. The van der Waals surface area contributed by atoms with Gasteiger partial charge in [0.1, 0.15) is 23.7 Å². The first-order valence-corrected chi connectivity index (χ1v) is 9.26. The highest BCUT2D eigenvalue weighted by Gasteiger charge is 2.26. The van der Waals surface area contributed by atoms with Gasteiger partial charge in [0.25, 0.3) is 0 Å². The number of aromatic nitrogens is 4. The van der Waals surface area contributed by atoms with Crippen molar-refractivity contribution in [2.24, 2.45) is 0 Å². The zero-order valence-electron chi connectivity index (χ0n) is 15.4. The molecule has 2 N–H and O–H groups in total. The molecule has 0 bridgehead atoms. The second-order valence-electron chi connectivity index (χ2n) is 7.14. The van der Waals surface area contributed by atoms with E-state index in [-0.39, 0.29) is 6.04 Å². The molecule has 0 spiro atoms. The van der Waals surface area contributed by atoms with Gasteiger partial charge >= 0.3 is 0 Å². The van der Waals surface area contributed by atoms with Crippen molar-refractivity contribution in [3.8, 4) is 5.75 Å². The minimum atomic E-state index is 0.0993. The van der Waals surface area contributed by atoms with Gasteiger partial charge in [0.05, 0.1) is 29.7 Å². The number of hydrogen-bond acceptors (Lipinski definition) is 5. The zero-order valence-corrected chi connectivity index (χ0v) is 15.4. The molecule has 4 aromatic rings. The SMILES string of the molecule is COc1ccc2c(NC(C)c3ccc4nc(C5CC5)[nH]c4c3)ncnc2c1. The van der Waals surface area contributed by atoms with Crippen molar-refractivity contribution < 1.29 is 4.74 Å². The van der Waals surface area contributed by atoms with Gasteiger partial charge in [0.2, 0.25) is 0 Å². The molecule has 0 radical (unpaired) electrons. The third-order valence-electron chi connectivity index (χ3n) is 5.19. The molecule has 2 heterocycles. The fraction of sp³-hybridized carbons (Fsp3) is 0.286. The average molecular weight is 359 g/mol. The average Bonchev–Trinajstić information content (AvgIpc) is 3.46. The van der Waals surface area contributed by atoms with Gasteiger partial charge in [-0.05, 0) is 49.6 Å². The van der Waals surface area contributed by atoms with Crippen molar-refractivity contribution in [1.82, 2.24) is 19.9 Å². The third kappa shape index (κ3) is 2.97. The number of rotatable bonds is 5. The van der Waals surface area contributed by atoms with E-state index in [1.54, 1.807) is 13.4 Å². The standard InChI is InChI=1S/C21H21N5O/c1-12(14-5-8-17-19(9-14)26-20(25-17)13-3-4-13)24-21-16-7-6-15(27-2)10-18(16)22-11-23-21/h5-13H,3-4H2,1-2H3,(H,25,26)(H,22,23,24). The van der Waals surface area contributed by atoms with Gasteiger partial charge in [-0.2, -0.15) is 0 Å². The normalized spacial score (nSPS) is 15.2. The molecule has 1 aliphatic carbocycles. The molecular weight excluding hydrogens is 338 g/mol. The monoisotopic (exact) mass is 359 g/mol. The maximum Gasteiger partial charge on any atom is 0.137 e. The number of methoxy groups -OCH3 is 1. The number of ether oxygens (including phenoxy) is 1. The number of H-pyrrole nitrogens is 1. The third-order valence-corrected chi connectivity index (χ3v) is 5.19. The first-order valence-electron chi connectivity index (χ1n) is 9.26. The van der Waals surface area contributed by atoms with Crippen molar-refractivity contribution in [2.45, 2.75) is 31.7 Å². The number of nitrogens with one attached hydrogen (secondary N) is 2. The topological polar surface area (TPSA) is 75.7 Å². The lowest BCUT2D eigenvalue weighted by Crippen LogP contribution is -2.08. The number of nitrogens with zero attached hydrogens (tertiary/aromatic N) is 3. The van der Waals surface area contributed by atoms with Crippen molar-refractivity contribution in [3.05, 3.63) is 54.1 Å². The van der Waals surface area contributed by atoms with Crippen LogP contribution in [0.15, 0.2) is 42.7 Å². The Labute approximate surface area is 157 Å². The predicted molar refractivity (Wildman–Crippen MR) is 106 cm³/mol. The summed E-state index contributed by atoms with van der Waals surface area (Å²) < 4.78 is 5.29. The Bertz CT molecular complexity index is 1130. The van der Waals surface area contributed by atoms with Crippen LogP contribution in [0.1, 0.15) is 43.1 Å². The molecule has 1 atom stereocenters. The van der Waals surface area contributed by atoms with E-state index in [1.807, 2.05) is 18.2 Å². The summed E-state index contributed by atoms with van der Waals surface area (Å²) in [6.45, 7) is 2.14. The van der Waals surface area contributed by atoms with Gasteiger partial charge in [0.15, 0.2) is 0 Å². The summed E-state index contributed by atoms with van der Waals surface area (Å²) in [5.74, 6) is 3.36. The second-order valence-corrected chi connectivity index (χ2v) is 7.14. The van der Waals surface area contributed by atoms with E-state index < -0.39 is 0 Å². The van der Waals surface area contributed by atoms with E-state index >= 15 is 0 Å². The van der Waals surface area contributed by atoms with Crippen LogP contribution in [0, 0.1) is 0 Å². The molecule has 0 saturated heterocycles. The fourth-order valence-corrected chi connectivity index (χ4v) is 3.43. The van der Waals surface area contributed by atoms with Crippen molar-refractivity contribution in [1.29, 1.82) is 0 Å². The Morgan fingerprint density at radius 3 is 2.81 bits per heavy atom. The fourth-order valence-electron chi connectivity index (χ4n) is 3.43.